The minimum Gasteiger partial charge on any atom is -0.493 e. The number of fused-ring (bicyclic) bond motifs is 1. The van der Waals surface area contributed by atoms with Crippen molar-refractivity contribution in [1.29, 1.82) is 0 Å². The highest BCUT2D eigenvalue weighted by molar-refractivity contribution is 6.30. The largest absolute Gasteiger partial charge is 0.493 e. The second kappa shape index (κ2) is 9.15. The van der Waals surface area contributed by atoms with E-state index in [2.05, 4.69) is 16.8 Å². The molecular weight excluding hydrogens is 452 g/mol. The van der Waals surface area contributed by atoms with Crippen LogP contribution in [-0.4, -0.2) is 28.5 Å². The van der Waals surface area contributed by atoms with E-state index in [0.29, 0.717) is 34.9 Å². The Morgan fingerprint density at radius 1 is 1.29 bits per heavy atom. The number of hydrogen-bond donors (Lipinski definition) is 2. The highest BCUT2D eigenvalue weighted by Crippen LogP contribution is 2.47. The number of benzene rings is 1. The summed E-state index contributed by atoms with van der Waals surface area (Å²) in [7, 11) is 0. The fraction of sp³-hybridized carbons (Fsp3) is 0.409. The Balaban J connectivity index is 0.00000341. The monoisotopic (exact) mass is 474 g/mol. The molecule has 0 aliphatic carbocycles. The van der Waals surface area contributed by atoms with E-state index < -0.39 is 30.0 Å². The average molecular weight is 475 g/mol. The van der Waals surface area contributed by atoms with Gasteiger partial charge in [0.2, 0.25) is 0 Å². The zero-order valence-corrected chi connectivity index (χ0v) is 18.6. The molecule has 3 N–H and O–H groups in total. The summed E-state index contributed by atoms with van der Waals surface area (Å²) in [5, 5.41) is 11.1. The molecule has 1 aliphatic rings. The Morgan fingerprint density at radius 2 is 2.00 bits per heavy atom. The molecule has 0 spiro atoms. The van der Waals surface area contributed by atoms with Gasteiger partial charge >= 0.3 is 6.18 Å². The first kappa shape index (κ1) is 25.1. The van der Waals surface area contributed by atoms with E-state index in [1.165, 1.54) is 18.5 Å². The summed E-state index contributed by atoms with van der Waals surface area (Å²) < 4.78 is 47.4. The third-order valence-corrected chi connectivity index (χ3v) is 5.41. The summed E-state index contributed by atoms with van der Waals surface area (Å²) in [5.41, 5.74) is 3.62. The molecule has 2 heterocycles. The second-order valence-corrected chi connectivity index (χ2v) is 8.51. The van der Waals surface area contributed by atoms with E-state index in [-0.39, 0.29) is 18.1 Å². The molecule has 0 bridgehead atoms. The van der Waals surface area contributed by atoms with E-state index in [0.717, 1.165) is 5.56 Å². The van der Waals surface area contributed by atoms with Gasteiger partial charge < -0.3 is 15.6 Å². The van der Waals surface area contributed by atoms with Gasteiger partial charge in [0.15, 0.2) is 5.60 Å². The molecule has 31 heavy (non-hydrogen) atoms. The van der Waals surface area contributed by atoms with Crippen molar-refractivity contribution in [2.45, 2.75) is 50.3 Å². The molecule has 0 amide bonds. The van der Waals surface area contributed by atoms with E-state index >= 15 is 0 Å². The highest BCUT2D eigenvalue weighted by Gasteiger charge is 2.55. The molecule has 168 valence electrons. The lowest BCUT2D eigenvalue weighted by atomic mass is 9.73. The predicted octanol–water partition coefficient (Wildman–Crippen LogP) is 5.08. The van der Waals surface area contributed by atoms with Crippen molar-refractivity contribution >= 4 is 29.7 Å². The van der Waals surface area contributed by atoms with Crippen LogP contribution in [0.3, 0.4) is 0 Å². The molecular formula is C22H23Cl2F3N2O2. The number of nitrogens with two attached hydrogens (primary N) is 1. The number of aliphatic hydroxyl groups is 1. The van der Waals surface area contributed by atoms with Gasteiger partial charge in [0.1, 0.15) is 5.75 Å². The number of halogens is 5. The highest BCUT2D eigenvalue weighted by atomic mass is 35.5. The minimum atomic E-state index is -4.88. The van der Waals surface area contributed by atoms with Crippen LogP contribution in [0.1, 0.15) is 43.4 Å². The van der Waals surface area contributed by atoms with Crippen molar-refractivity contribution in [2.24, 2.45) is 0 Å². The maximum atomic E-state index is 13.9. The molecule has 1 unspecified atom stereocenters. The van der Waals surface area contributed by atoms with Crippen LogP contribution in [0.4, 0.5) is 18.9 Å². The summed E-state index contributed by atoms with van der Waals surface area (Å²) in [4.78, 5) is 3.81. The Bertz CT molecular complexity index is 1020. The first-order valence-corrected chi connectivity index (χ1v) is 9.74. The molecule has 0 radical (unpaired) electrons. The fourth-order valence-electron chi connectivity index (χ4n) is 3.67. The molecule has 1 atom stereocenters. The standard InChI is InChI=1S/C22H22ClF3N2O2.ClH/c1-20(2,17-11-16(23)10-15-6-9-30-19(15)17)13-21(29,22(24,25)26)7-3-4-14-5-8-28-12-18(14)27;/h5,8,10-12,29H,6-7,9,13,27H2,1-2H3;1H. The van der Waals surface area contributed by atoms with Gasteiger partial charge in [-0.2, -0.15) is 13.2 Å². The van der Waals surface area contributed by atoms with Crippen LogP contribution >= 0.6 is 24.0 Å². The first-order valence-electron chi connectivity index (χ1n) is 9.36. The van der Waals surface area contributed by atoms with Crippen molar-refractivity contribution in [3.63, 3.8) is 0 Å². The van der Waals surface area contributed by atoms with Crippen molar-refractivity contribution in [3.8, 4) is 17.6 Å². The van der Waals surface area contributed by atoms with Crippen LogP contribution in [0.15, 0.2) is 30.6 Å². The molecule has 0 saturated heterocycles. The molecule has 3 rings (SSSR count). The third kappa shape index (κ3) is 5.38. The zero-order valence-electron chi connectivity index (χ0n) is 17.0. The normalized spacial score (nSPS) is 15.1. The third-order valence-electron chi connectivity index (χ3n) is 5.20. The summed E-state index contributed by atoms with van der Waals surface area (Å²) >= 11 is 6.18. The van der Waals surface area contributed by atoms with Gasteiger partial charge in [0.25, 0.3) is 0 Å². The molecule has 9 heteroatoms. The Kier molecular flexibility index (Phi) is 7.42. The SMILES string of the molecule is CC(C)(CC(O)(CC#Cc1ccncc1N)C(F)(F)F)c1cc(Cl)cc2c1OCC2.Cl. The van der Waals surface area contributed by atoms with Crippen molar-refractivity contribution < 1.29 is 23.0 Å². The van der Waals surface area contributed by atoms with E-state index in [4.69, 9.17) is 22.1 Å². The van der Waals surface area contributed by atoms with E-state index in [1.807, 2.05) is 0 Å². The lowest BCUT2D eigenvalue weighted by Gasteiger charge is -2.37. The van der Waals surface area contributed by atoms with Crippen LogP contribution in [0.25, 0.3) is 0 Å². The van der Waals surface area contributed by atoms with Crippen molar-refractivity contribution in [1.82, 2.24) is 4.98 Å². The Hall–Kier alpha value is -2.14. The van der Waals surface area contributed by atoms with Gasteiger partial charge in [-0.15, -0.1) is 12.4 Å². The smallest absolute Gasteiger partial charge is 0.418 e. The topological polar surface area (TPSA) is 68.4 Å². The van der Waals surface area contributed by atoms with Gasteiger partial charge in [-0.1, -0.05) is 37.3 Å². The second-order valence-electron chi connectivity index (χ2n) is 8.07. The summed E-state index contributed by atoms with van der Waals surface area (Å²) in [6.45, 7) is 3.71. The molecule has 0 saturated carbocycles. The summed E-state index contributed by atoms with van der Waals surface area (Å²) in [5.74, 6) is 5.58. The average Bonchev–Trinajstić information content (AvgIpc) is 3.09. The number of rotatable bonds is 4. The summed E-state index contributed by atoms with van der Waals surface area (Å²) in [6, 6.07) is 4.86. The quantitative estimate of drug-likeness (QED) is 0.606. The number of aromatic nitrogens is 1. The number of anilines is 1. The Morgan fingerprint density at radius 3 is 2.65 bits per heavy atom. The molecule has 0 fully saturated rings. The minimum absolute atomic E-state index is 0. The van der Waals surface area contributed by atoms with Crippen molar-refractivity contribution in [3.05, 3.63) is 52.3 Å². The number of ether oxygens (including phenoxy) is 1. The maximum absolute atomic E-state index is 13.9. The molecule has 2 aromatic rings. The first-order chi connectivity index (χ1) is 13.9. The number of nitrogens with zero attached hydrogens (tertiary/aromatic N) is 1. The number of hydrogen-bond acceptors (Lipinski definition) is 4. The molecule has 1 aromatic heterocycles. The summed E-state index contributed by atoms with van der Waals surface area (Å²) in [6.07, 6.45) is -2.85. The molecule has 4 nitrogen and oxygen atoms in total. The van der Waals surface area contributed by atoms with E-state index in [1.54, 1.807) is 26.0 Å². The lowest BCUT2D eigenvalue weighted by molar-refractivity contribution is -0.264. The van der Waals surface area contributed by atoms with Crippen LogP contribution in [0.2, 0.25) is 5.02 Å². The van der Waals surface area contributed by atoms with Gasteiger partial charge in [0.05, 0.1) is 24.1 Å². The molecule has 1 aromatic carbocycles. The molecule has 1 aliphatic heterocycles. The van der Waals surface area contributed by atoms with Gasteiger partial charge in [0, 0.05) is 29.6 Å². The van der Waals surface area contributed by atoms with Gasteiger partial charge in [-0.05, 0) is 35.6 Å². The number of nitrogen functional groups attached to an aromatic ring is 1. The lowest BCUT2D eigenvalue weighted by Crippen LogP contribution is -2.49. The van der Waals surface area contributed by atoms with E-state index in [9.17, 15) is 18.3 Å². The van der Waals surface area contributed by atoms with Crippen LogP contribution < -0.4 is 10.5 Å². The predicted molar refractivity (Wildman–Crippen MR) is 117 cm³/mol. The number of alkyl halides is 3. The van der Waals surface area contributed by atoms with Crippen LogP contribution in [0.5, 0.6) is 5.75 Å². The van der Waals surface area contributed by atoms with Crippen molar-refractivity contribution in [2.75, 3.05) is 12.3 Å². The van der Waals surface area contributed by atoms with Crippen LogP contribution in [-0.2, 0) is 11.8 Å². The fourth-order valence-corrected chi connectivity index (χ4v) is 3.91. The maximum Gasteiger partial charge on any atom is 0.418 e. The Labute approximate surface area is 190 Å². The van der Waals surface area contributed by atoms with Crippen LogP contribution in [0, 0.1) is 11.8 Å². The van der Waals surface area contributed by atoms with Gasteiger partial charge in [-0.25, -0.2) is 0 Å². The number of pyridine rings is 1. The zero-order chi connectivity index (χ0) is 22.2. The van der Waals surface area contributed by atoms with Gasteiger partial charge in [-0.3, -0.25) is 4.98 Å².